The third-order valence-electron chi connectivity index (χ3n) is 11.1. The highest BCUT2D eigenvalue weighted by Gasteiger charge is 2.70. The van der Waals surface area contributed by atoms with E-state index in [2.05, 4.69) is 31.2 Å². The van der Waals surface area contributed by atoms with Gasteiger partial charge in [-0.3, -0.25) is 9.59 Å². The molecule has 6 nitrogen and oxygen atoms in total. The molecule has 0 amide bonds. The number of carbonyl (C=O) groups is 3. The van der Waals surface area contributed by atoms with Crippen molar-refractivity contribution in [3.05, 3.63) is 96.0 Å². The number of ketones is 1. The van der Waals surface area contributed by atoms with Crippen molar-refractivity contribution in [1.29, 1.82) is 0 Å². The summed E-state index contributed by atoms with van der Waals surface area (Å²) >= 11 is 1.19. The summed E-state index contributed by atoms with van der Waals surface area (Å²) in [5.74, 6) is -0.0325. The minimum Gasteiger partial charge on any atom is -0.457 e. The number of esters is 1. The molecule has 0 radical (unpaired) electrons. The number of hydrogen-bond donors (Lipinski definition) is 1. The highest BCUT2D eigenvalue weighted by molar-refractivity contribution is 8.13. The standard InChI is InChI=1S/C36H36O6S/c1-34-15-13-26(37)19-25(34)11-12-27-28-14-16-36(35(28,2)20-29(38)31(27)34,42-32(39)30-8-5-17-41-30)33(40)43-21-22-9-10-23-6-3-4-7-24(23)18-22/h3-10,13,15,17-19,27-29,31,38H,11-12,14,16,20-21H2,1-2H3/t27?,28?,29?,31?,34?,35?,36-/m0/s1. The third kappa shape index (κ3) is 4.38. The van der Waals surface area contributed by atoms with Gasteiger partial charge >= 0.3 is 5.97 Å². The van der Waals surface area contributed by atoms with E-state index in [0.29, 0.717) is 18.6 Å². The van der Waals surface area contributed by atoms with Crippen molar-refractivity contribution in [1.82, 2.24) is 0 Å². The smallest absolute Gasteiger partial charge is 0.375 e. The van der Waals surface area contributed by atoms with E-state index < -0.39 is 28.5 Å². The molecule has 43 heavy (non-hydrogen) atoms. The molecule has 4 aliphatic rings. The first-order valence-corrected chi connectivity index (χ1v) is 16.2. The van der Waals surface area contributed by atoms with Gasteiger partial charge in [-0.25, -0.2) is 4.79 Å². The van der Waals surface area contributed by atoms with Crippen LogP contribution in [0.15, 0.2) is 89.1 Å². The molecule has 2 aromatic carbocycles. The minimum absolute atomic E-state index is 0.000167. The van der Waals surface area contributed by atoms with Crippen molar-refractivity contribution in [3.8, 4) is 0 Å². The minimum atomic E-state index is -1.41. The lowest BCUT2D eigenvalue weighted by Crippen LogP contribution is -2.62. The van der Waals surface area contributed by atoms with Crippen LogP contribution in [0.5, 0.6) is 0 Å². The van der Waals surface area contributed by atoms with E-state index >= 15 is 0 Å². The average molecular weight is 597 g/mol. The molecular formula is C36H36O6S. The molecule has 3 saturated carbocycles. The number of fused-ring (bicyclic) bond motifs is 6. The molecule has 7 heteroatoms. The van der Waals surface area contributed by atoms with Gasteiger partial charge in [0.05, 0.1) is 12.4 Å². The number of thioether (sulfide) groups is 1. The Morgan fingerprint density at radius 1 is 1.07 bits per heavy atom. The van der Waals surface area contributed by atoms with Gasteiger partial charge in [-0.05, 0) is 84.6 Å². The molecule has 4 aliphatic carbocycles. The summed E-state index contributed by atoms with van der Waals surface area (Å²) in [5.41, 5.74) is -0.493. The third-order valence-corrected chi connectivity index (χ3v) is 12.2. The topological polar surface area (TPSA) is 93.8 Å². The Labute approximate surface area is 255 Å². The van der Waals surface area contributed by atoms with Crippen molar-refractivity contribution in [2.24, 2.45) is 28.6 Å². The van der Waals surface area contributed by atoms with Crippen LogP contribution < -0.4 is 0 Å². The monoisotopic (exact) mass is 596 g/mol. The number of carbonyl (C=O) groups excluding carboxylic acids is 3. The fourth-order valence-electron chi connectivity index (χ4n) is 9.06. The predicted octanol–water partition coefficient (Wildman–Crippen LogP) is 7.07. The summed E-state index contributed by atoms with van der Waals surface area (Å²) in [4.78, 5) is 40.1. The van der Waals surface area contributed by atoms with E-state index in [-0.39, 0.29) is 34.4 Å². The highest BCUT2D eigenvalue weighted by atomic mass is 32.2. The molecule has 0 aliphatic heterocycles. The van der Waals surface area contributed by atoms with E-state index in [1.54, 1.807) is 24.3 Å². The number of ether oxygens (including phenoxy) is 1. The number of aliphatic hydroxyl groups excluding tert-OH is 1. The Kier molecular flexibility index (Phi) is 6.82. The van der Waals surface area contributed by atoms with Crippen molar-refractivity contribution in [3.63, 3.8) is 0 Å². The summed E-state index contributed by atoms with van der Waals surface area (Å²) in [6.07, 6.45) is 9.09. The maximum absolute atomic E-state index is 14.5. The first-order chi connectivity index (χ1) is 20.6. The lowest BCUT2D eigenvalue weighted by atomic mass is 9.46. The lowest BCUT2D eigenvalue weighted by molar-refractivity contribution is -0.171. The molecule has 222 valence electrons. The van der Waals surface area contributed by atoms with Crippen molar-refractivity contribution < 1.29 is 28.6 Å². The molecule has 0 bridgehead atoms. The van der Waals surface area contributed by atoms with Gasteiger partial charge in [0.2, 0.25) is 10.9 Å². The van der Waals surface area contributed by atoms with Gasteiger partial charge < -0.3 is 14.3 Å². The van der Waals surface area contributed by atoms with Crippen LogP contribution >= 0.6 is 11.8 Å². The highest BCUT2D eigenvalue weighted by Crippen LogP contribution is 2.68. The van der Waals surface area contributed by atoms with Crippen LogP contribution in [0.3, 0.4) is 0 Å². The lowest BCUT2D eigenvalue weighted by Gasteiger charge is -2.59. The molecule has 0 saturated heterocycles. The number of furan rings is 1. The Morgan fingerprint density at radius 3 is 2.67 bits per heavy atom. The zero-order chi connectivity index (χ0) is 30.0. The molecule has 7 atom stereocenters. The molecule has 1 heterocycles. The van der Waals surface area contributed by atoms with E-state index in [0.717, 1.165) is 41.2 Å². The molecule has 0 spiro atoms. The summed E-state index contributed by atoms with van der Waals surface area (Å²) < 4.78 is 11.7. The summed E-state index contributed by atoms with van der Waals surface area (Å²) in [6.45, 7) is 4.18. The van der Waals surface area contributed by atoms with Gasteiger partial charge in [0.25, 0.3) is 0 Å². The van der Waals surface area contributed by atoms with Crippen LogP contribution in [0.4, 0.5) is 0 Å². The van der Waals surface area contributed by atoms with Crippen LogP contribution in [0.1, 0.15) is 62.1 Å². The second-order valence-electron chi connectivity index (χ2n) is 13.2. The Hall–Kier alpha value is -3.42. The molecule has 1 N–H and O–H groups in total. The first kappa shape index (κ1) is 28.4. The average Bonchev–Trinajstić information content (AvgIpc) is 3.63. The van der Waals surface area contributed by atoms with E-state index in [9.17, 15) is 19.5 Å². The second-order valence-corrected chi connectivity index (χ2v) is 14.2. The predicted molar refractivity (Wildman–Crippen MR) is 165 cm³/mol. The van der Waals surface area contributed by atoms with Crippen LogP contribution in [0.25, 0.3) is 10.8 Å². The van der Waals surface area contributed by atoms with Gasteiger partial charge in [-0.15, -0.1) is 0 Å². The van der Waals surface area contributed by atoms with Gasteiger partial charge in [0, 0.05) is 22.5 Å². The molecule has 3 aromatic rings. The normalized spacial score (nSPS) is 34.7. The Morgan fingerprint density at radius 2 is 1.88 bits per heavy atom. The number of rotatable bonds is 5. The van der Waals surface area contributed by atoms with Gasteiger partial charge in [-0.1, -0.05) is 79.7 Å². The number of hydrogen-bond acceptors (Lipinski definition) is 7. The van der Waals surface area contributed by atoms with Gasteiger partial charge in [0.15, 0.2) is 11.4 Å². The maximum Gasteiger partial charge on any atom is 0.375 e. The molecule has 3 fully saturated rings. The van der Waals surface area contributed by atoms with Crippen LogP contribution in [-0.4, -0.2) is 33.7 Å². The molecule has 7 rings (SSSR count). The Balaban J connectivity index is 1.22. The summed E-state index contributed by atoms with van der Waals surface area (Å²) in [7, 11) is 0. The molecule has 6 unspecified atom stereocenters. The van der Waals surface area contributed by atoms with Crippen molar-refractivity contribution in [2.45, 2.75) is 63.4 Å². The zero-order valence-corrected chi connectivity index (χ0v) is 25.3. The molecule has 1 aromatic heterocycles. The van der Waals surface area contributed by atoms with Gasteiger partial charge in [0.1, 0.15) is 0 Å². The van der Waals surface area contributed by atoms with Gasteiger partial charge in [-0.2, -0.15) is 0 Å². The molecular weight excluding hydrogens is 560 g/mol. The van der Waals surface area contributed by atoms with E-state index in [1.807, 2.05) is 31.2 Å². The first-order valence-electron chi connectivity index (χ1n) is 15.2. The fraction of sp³-hybridized carbons (Fsp3) is 0.417. The second kappa shape index (κ2) is 10.3. The number of aliphatic hydroxyl groups is 1. The maximum atomic E-state index is 14.5. The number of allylic oxidation sites excluding steroid dienone is 4. The van der Waals surface area contributed by atoms with Crippen LogP contribution in [0.2, 0.25) is 0 Å². The van der Waals surface area contributed by atoms with Crippen molar-refractivity contribution in [2.75, 3.05) is 0 Å². The Bertz CT molecular complexity index is 1670. The summed E-state index contributed by atoms with van der Waals surface area (Å²) in [6, 6.07) is 17.5. The SMILES string of the molecule is CC12C=CC(=O)C=C1CCC1C2C(O)CC2(C)C1CC[C@]2(OC(=O)c1ccco1)C(=O)SCc1ccc2ccccc2c1. The van der Waals surface area contributed by atoms with E-state index in [1.165, 1.54) is 18.0 Å². The van der Waals surface area contributed by atoms with Crippen LogP contribution in [-0.2, 0) is 20.1 Å². The number of benzene rings is 2. The zero-order valence-electron chi connectivity index (χ0n) is 24.5. The quantitative estimate of drug-likeness (QED) is 0.315. The largest absolute Gasteiger partial charge is 0.457 e. The summed E-state index contributed by atoms with van der Waals surface area (Å²) in [5, 5.41) is 14.0. The fourth-order valence-corrected chi connectivity index (χ4v) is 10.1. The van der Waals surface area contributed by atoms with E-state index in [4.69, 9.17) is 9.15 Å². The van der Waals surface area contributed by atoms with Crippen molar-refractivity contribution >= 4 is 39.4 Å². The van der Waals surface area contributed by atoms with Crippen LogP contribution in [0, 0.1) is 28.6 Å².